The Bertz CT molecular complexity index is 810. The third-order valence-electron chi connectivity index (χ3n) is 2.51. The monoisotopic (exact) mass is 380 g/mol. The number of nitrogens with zero attached hydrogens (tertiary/aromatic N) is 1. The number of amides is 2. The molecule has 2 rings (SSSR count). The van der Waals surface area contributed by atoms with Gasteiger partial charge in [0.2, 0.25) is 0 Å². The summed E-state index contributed by atoms with van der Waals surface area (Å²) in [5, 5.41) is 8.16. The van der Waals surface area contributed by atoms with Crippen LogP contribution < -0.4 is 16.3 Å². The van der Waals surface area contributed by atoms with Crippen LogP contribution in [0.3, 0.4) is 0 Å². The van der Waals surface area contributed by atoms with Crippen LogP contribution in [0, 0.1) is 0 Å². The Morgan fingerprint density at radius 1 is 1.39 bits per heavy atom. The van der Waals surface area contributed by atoms with E-state index < -0.39 is 22.0 Å². The maximum Gasteiger partial charge on any atom is 0.357 e. The molecule has 0 saturated carbocycles. The second-order valence-electron chi connectivity index (χ2n) is 3.93. The van der Waals surface area contributed by atoms with Crippen molar-refractivity contribution in [1.29, 1.82) is 0 Å². The molecule has 0 aliphatic carbocycles. The minimum Gasteiger partial charge on any atom is -0.465 e. The lowest BCUT2D eigenvalue weighted by Gasteiger charge is -2.17. The number of hydrogen-bond acceptors (Lipinski definition) is 8. The number of nitrogens with one attached hydrogen (secondary N) is 3. The summed E-state index contributed by atoms with van der Waals surface area (Å²) in [6.07, 6.45) is 0. The van der Waals surface area contributed by atoms with Crippen LogP contribution in [-0.4, -0.2) is 37.9 Å². The molecular weight excluding hydrogens is 372 g/mol. The molecule has 0 unspecified atom stereocenters. The van der Waals surface area contributed by atoms with Gasteiger partial charge in [0.1, 0.15) is 4.90 Å². The minimum atomic E-state index is -4.12. The molecule has 2 amide bonds. The first-order chi connectivity index (χ1) is 10.8. The first-order valence-electron chi connectivity index (χ1n) is 5.69. The number of carbonyl (C=O) groups is 2. The van der Waals surface area contributed by atoms with Crippen LogP contribution in [0.4, 0.5) is 4.79 Å². The van der Waals surface area contributed by atoms with Crippen molar-refractivity contribution in [2.24, 2.45) is 4.40 Å². The summed E-state index contributed by atoms with van der Waals surface area (Å²) in [6.45, 7) is 0. The van der Waals surface area contributed by atoms with E-state index in [-0.39, 0.29) is 25.5 Å². The molecule has 1 heterocycles. The summed E-state index contributed by atoms with van der Waals surface area (Å²) in [5.74, 6) is -0.785. The standard InChI is InChI=1S/C10H9ClN4O6S2/c1-21-8(16)4-2-7-6(3-5(4)11)22-10(15-23(7,19)20)13-12-9(17)14-18/h2-3,18H,1H3,(H,13,15)(H2,12,14,17). The number of methoxy groups -OCH3 is 1. The Morgan fingerprint density at radius 2 is 2.09 bits per heavy atom. The molecule has 23 heavy (non-hydrogen) atoms. The molecule has 1 aliphatic rings. The van der Waals surface area contributed by atoms with Crippen molar-refractivity contribution < 1.29 is 28.0 Å². The average Bonchev–Trinajstić information content (AvgIpc) is 2.50. The molecule has 1 aromatic carbocycles. The Morgan fingerprint density at radius 3 is 2.70 bits per heavy atom. The van der Waals surface area contributed by atoms with Gasteiger partial charge in [-0.25, -0.2) is 20.5 Å². The highest BCUT2D eigenvalue weighted by Crippen LogP contribution is 2.37. The number of hydroxylamine groups is 1. The van der Waals surface area contributed by atoms with Crippen molar-refractivity contribution >= 4 is 50.6 Å². The predicted octanol–water partition coefficient (Wildman–Crippen LogP) is 0.470. The molecule has 10 nitrogen and oxygen atoms in total. The zero-order valence-electron chi connectivity index (χ0n) is 11.3. The number of amidine groups is 1. The largest absolute Gasteiger partial charge is 0.465 e. The molecule has 13 heteroatoms. The number of hydrazine groups is 1. The van der Waals surface area contributed by atoms with Gasteiger partial charge in [-0.2, -0.15) is 8.42 Å². The molecule has 0 saturated heterocycles. The number of urea groups is 1. The number of sulfonamides is 1. The van der Waals surface area contributed by atoms with Crippen molar-refractivity contribution in [3.05, 3.63) is 22.7 Å². The highest BCUT2D eigenvalue weighted by molar-refractivity contribution is 8.15. The van der Waals surface area contributed by atoms with E-state index in [4.69, 9.17) is 16.8 Å². The van der Waals surface area contributed by atoms with Gasteiger partial charge in [-0.3, -0.25) is 10.6 Å². The van der Waals surface area contributed by atoms with Gasteiger partial charge in [0.15, 0.2) is 5.17 Å². The smallest absolute Gasteiger partial charge is 0.357 e. The van der Waals surface area contributed by atoms with Gasteiger partial charge in [-0.05, 0) is 23.9 Å². The number of carbonyl (C=O) groups excluding carboxylic acids is 2. The normalized spacial score (nSPS) is 15.0. The lowest BCUT2D eigenvalue weighted by molar-refractivity contribution is 0.0600. The summed E-state index contributed by atoms with van der Waals surface area (Å²) in [5.41, 5.74) is 5.34. The SMILES string of the molecule is COC(=O)c1cc2c(cc1Cl)SC(NNC(=O)NO)=NS2(=O)=O. The van der Waals surface area contributed by atoms with E-state index in [0.717, 1.165) is 24.9 Å². The quantitative estimate of drug-likeness (QED) is 0.312. The van der Waals surface area contributed by atoms with Crippen molar-refractivity contribution in [2.45, 2.75) is 9.79 Å². The van der Waals surface area contributed by atoms with Gasteiger partial charge in [0, 0.05) is 4.90 Å². The second kappa shape index (κ2) is 6.62. The highest BCUT2D eigenvalue weighted by Gasteiger charge is 2.29. The lowest BCUT2D eigenvalue weighted by Crippen LogP contribution is -2.45. The Hall–Kier alpha value is -2.02. The maximum absolute atomic E-state index is 12.2. The van der Waals surface area contributed by atoms with Gasteiger partial charge in [-0.1, -0.05) is 11.6 Å². The molecule has 0 aromatic heterocycles. The lowest BCUT2D eigenvalue weighted by atomic mass is 10.2. The number of rotatable bonds is 1. The topological polar surface area (TPSA) is 146 Å². The first-order valence-corrected chi connectivity index (χ1v) is 8.32. The van der Waals surface area contributed by atoms with Crippen molar-refractivity contribution in [2.75, 3.05) is 7.11 Å². The third kappa shape index (κ3) is 3.67. The summed E-state index contributed by atoms with van der Waals surface area (Å²) < 4.78 is 32.3. The molecule has 0 bridgehead atoms. The van der Waals surface area contributed by atoms with E-state index in [1.807, 2.05) is 5.43 Å². The van der Waals surface area contributed by atoms with Crippen LogP contribution >= 0.6 is 23.4 Å². The number of hydrogen-bond donors (Lipinski definition) is 4. The van der Waals surface area contributed by atoms with Crippen LogP contribution in [0.1, 0.15) is 10.4 Å². The molecule has 1 aromatic rings. The third-order valence-corrected chi connectivity index (χ3v) is 5.33. The zero-order chi connectivity index (χ0) is 17.2. The van der Waals surface area contributed by atoms with E-state index in [9.17, 15) is 18.0 Å². The number of thioether (sulfide) groups is 1. The fourth-order valence-electron chi connectivity index (χ4n) is 1.55. The summed E-state index contributed by atoms with van der Waals surface area (Å²) in [6, 6.07) is 1.32. The van der Waals surface area contributed by atoms with E-state index in [1.165, 1.54) is 11.5 Å². The van der Waals surface area contributed by atoms with Crippen molar-refractivity contribution in [3.8, 4) is 0 Å². The van der Waals surface area contributed by atoms with Gasteiger partial charge in [-0.15, -0.1) is 4.40 Å². The van der Waals surface area contributed by atoms with E-state index in [2.05, 4.69) is 14.6 Å². The molecular formula is C10H9ClN4O6S2. The number of halogens is 1. The molecule has 0 radical (unpaired) electrons. The van der Waals surface area contributed by atoms with E-state index >= 15 is 0 Å². The maximum atomic E-state index is 12.2. The number of esters is 1. The number of ether oxygens (including phenoxy) is 1. The first kappa shape index (κ1) is 17.3. The average molecular weight is 381 g/mol. The van der Waals surface area contributed by atoms with Crippen molar-refractivity contribution in [3.63, 3.8) is 0 Å². The van der Waals surface area contributed by atoms with Gasteiger partial charge in [0.05, 0.1) is 17.7 Å². The van der Waals surface area contributed by atoms with Crippen LogP contribution in [0.2, 0.25) is 5.02 Å². The molecule has 124 valence electrons. The summed E-state index contributed by atoms with van der Waals surface area (Å²) >= 11 is 6.80. The second-order valence-corrected chi connectivity index (χ2v) is 6.95. The fraction of sp³-hybridized carbons (Fsp3) is 0.100. The van der Waals surface area contributed by atoms with E-state index in [0.29, 0.717) is 0 Å². The van der Waals surface area contributed by atoms with E-state index in [1.54, 1.807) is 0 Å². The molecule has 0 fully saturated rings. The van der Waals surface area contributed by atoms with Crippen LogP contribution in [0.25, 0.3) is 0 Å². The van der Waals surface area contributed by atoms with Crippen molar-refractivity contribution in [1.82, 2.24) is 16.3 Å². The van der Waals surface area contributed by atoms with Gasteiger partial charge < -0.3 is 4.74 Å². The molecule has 0 atom stereocenters. The molecule has 1 aliphatic heterocycles. The predicted molar refractivity (Wildman–Crippen MR) is 79.9 cm³/mol. The highest BCUT2D eigenvalue weighted by atomic mass is 35.5. The summed E-state index contributed by atoms with van der Waals surface area (Å²) in [7, 11) is -2.98. The fourth-order valence-corrected chi connectivity index (χ4v) is 4.33. The summed E-state index contributed by atoms with van der Waals surface area (Å²) in [4.78, 5) is 22.4. The Balaban J connectivity index is 2.39. The number of benzene rings is 1. The zero-order valence-corrected chi connectivity index (χ0v) is 13.7. The van der Waals surface area contributed by atoms with Crippen LogP contribution in [0.15, 0.2) is 26.3 Å². The molecule has 0 spiro atoms. The molecule has 4 N–H and O–H groups in total. The van der Waals surface area contributed by atoms with Crippen LogP contribution in [0.5, 0.6) is 0 Å². The minimum absolute atomic E-state index is 0.000565. The Kier molecular flexibility index (Phi) is 4.99. The number of fused-ring (bicyclic) bond motifs is 1. The van der Waals surface area contributed by atoms with Gasteiger partial charge >= 0.3 is 12.0 Å². The van der Waals surface area contributed by atoms with Crippen LogP contribution in [-0.2, 0) is 14.8 Å². The van der Waals surface area contributed by atoms with Gasteiger partial charge in [0.25, 0.3) is 10.0 Å². The Labute approximate surface area is 139 Å².